The second-order valence-corrected chi connectivity index (χ2v) is 9.54. The minimum absolute atomic E-state index is 0.0517. The van der Waals surface area contributed by atoms with Crippen molar-refractivity contribution in [3.63, 3.8) is 0 Å². The second-order valence-electron chi connectivity index (χ2n) is 9.54. The quantitative estimate of drug-likeness (QED) is 0.277. The van der Waals surface area contributed by atoms with Crippen molar-refractivity contribution in [2.45, 2.75) is 25.6 Å². The fourth-order valence-electron chi connectivity index (χ4n) is 4.96. The average Bonchev–Trinajstić information content (AvgIpc) is 3.33. The minimum Gasteiger partial charge on any atom is -0.508 e. The van der Waals surface area contributed by atoms with E-state index in [0.29, 0.717) is 24.1 Å². The first-order valence-electron chi connectivity index (χ1n) is 12.8. The lowest BCUT2D eigenvalue weighted by Crippen LogP contribution is -2.38. The summed E-state index contributed by atoms with van der Waals surface area (Å²) in [6.45, 7) is 1.53. The first-order valence-corrected chi connectivity index (χ1v) is 12.8. The van der Waals surface area contributed by atoms with Crippen LogP contribution in [0.3, 0.4) is 0 Å². The van der Waals surface area contributed by atoms with Crippen LogP contribution in [0.5, 0.6) is 28.7 Å². The van der Waals surface area contributed by atoms with Crippen molar-refractivity contribution in [2.75, 3.05) is 27.4 Å². The Morgan fingerprint density at radius 3 is 1.98 bits per heavy atom. The lowest BCUT2D eigenvalue weighted by molar-refractivity contribution is -0.144. The maximum atomic E-state index is 13.8. The van der Waals surface area contributed by atoms with E-state index >= 15 is 0 Å². The van der Waals surface area contributed by atoms with E-state index < -0.39 is 30.0 Å². The van der Waals surface area contributed by atoms with Crippen LogP contribution in [0.2, 0.25) is 0 Å². The molecule has 0 aromatic heterocycles. The molecule has 3 aromatic rings. The van der Waals surface area contributed by atoms with E-state index in [1.165, 1.54) is 33.3 Å². The molecule has 0 unspecified atom stereocenters. The predicted octanol–water partition coefficient (Wildman–Crippen LogP) is 3.79. The third-order valence-corrected chi connectivity index (χ3v) is 6.97. The summed E-state index contributed by atoms with van der Waals surface area (Å²) in [5, 5.41) is 32.8. The number of ether oxygens (including phenoxy) is 4. The average molecular weight is 552 g/mol. The third-order valence-electron chi connectivity index (χ3n) is 6.97. The van der Waals surface area contributed by atoms with Gasteiger partial charge in [0, 0.05) is 19.4 Å². The molecule has 1 fully saturated rings. The van der Waals surface area contributed by atoms with Gasteiger partial charge < -0.3 is 39.6 Å². The number of phenolic OH excluding ortho intramolecular Hbond substituents is 3. The summed E-state index contributed by atoms with van der Waals surface area (Å²) < 4.78 is 22.5. The largest absolute Gasteiger partial charge is 0.508 e. The number of amides is 1. The molecule has 1 aliphatic heterocycles. The van der Waals surface area contributed by atoms with Gasteiger partial charge in [-0.05, 0) is 59.5 Å². The van der Waals surface area contributed by atoms with Gasteiger partial charge in [-0.1, -0.05) is 24.3 Å². The number of carbonyl (C=O) groups excluding carboxylic acids is 2. The van der Waals surface area contributed by atoms with Crippen LogP contribution < -0.4 is 14.8 Å². The number of benzene rings is 3. The van der Waals surface area contributed by atoms with Gasteiger partial charge in [0.15, 0.2) is 23.0 Å². The maximum Gasteiger partial charge on any atom is 0.302 e. The SMILES string of the molecule is COc1cc([C@H]2O[C@@H](c3ccc(O)c(OC)c3)[C@@H](C(=O)NCCc3ccc(O)cc3)[C@@H]2COC(C)=O)ccc1O. The molecule has 4 N–H and O–H groups in total. The summed E-state index contributed by atoms with van der Waals surface area (Å²) >= 11 is 0. The zero-order chi connectivity index (χ0) is 28.8. The highest BCUT2D eigenvalue weighted by Gasteiger charge is 2.50. The number of hydrogen-bond acceptors (Lipinski definition) is 9. The Balaban J connectivity index is 1.69. The Hall–Kier alpha value is -4.44. The van der Waals surface area contributed by atoms with Crippen LogP contribution in [0.15, 0.2) is 60.7 Å². The highest BCUT2D eigenvalue weighted by atomic mass is 16.5. The summed E-state index contributed by atoms with van der Waals surface area (Å²) in [5.74, 6) is -1.69. The van der Waals surface area contributed by atoms with Crippen molar-refractivity contribution in [2.24, 2.45) is 11.8 Å². The minimum atomic E-state index is -0.793. The summed E-state index contributed by atoms with van der Waals surface area (Å²) in [6.07, 6.45) is -0.954. The molecule has 212 valence electrons. The first-order chi connectivity index (χ1) is 19.2. The standard InChI is InChI=1S/C30H33NO9/c1-17(32)39-16-22-27(30(36)31-13-12-18-4-8-21(33)9-5-18)29(20-7-11-24(35)26(15-20)38-3)40-28(22)19-6-10-23(34)25(14-19)37-2/h4-11,14-15,22,27-29,33-35H,12-13,16H2,1-3H3,(H,31,36)/t22-,27-,28+,29-/m0/s1. The Bertz CT molecular complexity index is 1340. The van der Waals surface area contributed by atoms with Gasteiger partial charge >= 0.3 is 5.97 Å². The predicted molar refractivity (Wildman–Crippen MR) is 144 cm³/mol. The Kier molecular flexibility index (Phi) is 9.00. The molecule has 0 saturated carbocycles. The smallest absolute Gasteiger partial charge is 0.302 e. The van der Waals surface area contributed by atoms with Crippen LogP contribution in [0.25, 0.3) is 0 Å². The van der Waals surface area contributed by atoms with E-state index in [4.69, 9.17) is 18.9 Å². The normalized spacial score (nSPS) is 20.1. The Labute approximate surface area is 232 Å². The van der Waals surface area contributed by atoms with Gasteiger partial charge in [-0.3, -0.25) is 9.59 Å². The Morgan fingerprint density at radius 2 is 1.43 bits per heavy atom. The molecular formula is C30H33NO9. The van der Waals surface area contributed by atoms with Crippen LogP contribution in [0.1, 0.15) is 35.8 Å². The molecule has 0 aliphatic carbocycles. The maximum absolute atomic E-state index is 13.8. The molecule has 1 heterocycles. The fraction of sp³-hybridized carbons (Fsp3) is 0.333. The number of esters is 1. The number of nitrogens with one attached hydrogen (secondary N) is 1. The molecule has 1 aliphatic rings. The molecule has 4 rings (SSSR count). The number of carbonyl (C=O) groups is 2. The molecule has 3 aromatic carbocycles. The lowest BCUT2D eigenvalue weighted by Gasteiger charge is -2.24. The number of hydrogen-bond donors (Lipinski definition) is 4. The number of rotatable bonds is 10. The van der Waals surface area contributed by atoms with Crippen LogP contribution in [-0.2, 0) is 25.5 Å². The third kappa shape index (κ3) is 6.40. The highest BCUT2D eigenvalue weighted by molar-refractivity contribution is 5.80. The van der Waals surface area contributed by atoms with Gasteiger partial charge in [0.2, 0.25) is 5.91 Å². The van der Waals surface area contributed by atoms with Gasteiger partial charge in [-0.25, -0.2) is 0 Å². The second kappa shape index (κ2) is 12.6. The fourth-order valence-corrected chi connectivity index (χ4v) is 4.96. The summed E-state index contributed by atoms with van der Waals surface area (Å²) in [5.41, 5.74) is 2.16. The molecule has 0 bridgehead atoms. The lowest BCUT2D eigenvalue weighted by atomic mass is 9.82. The summed E-state index contributed by atoms with van der Waals surface area (Å²) in [7, 11) is 2.86. The molecular weight excluding hydrogens is 518 g/mol. The van der Waals surface area contributed by atoms with Crippen molar-refractivity contribution < 1.29 is 43.9 Å². The molecule has 1 amide bonds. The van der Waals surface area contributed by atoms with E-state index in [1.54, 1.807) is 48.5 Å². The van der Waals surface area contributed by atoms with Crippen molar-refractivity contribution in [3.05, 3.63) is 77.4 Å². The first kappa shape index (κ1) is 28.6. The van der Waals surface area contributed by atoms with Gasteiger partial charge in [0.05, 0.1) is 39.0 Å². The van der Waals surface area contributed by atoms with E-state index in [1.807, 2.05) is 0 Å². The van der Waals surface area contributed by atoms with Crippen molar-refractivity contribution in [1.82, 2.24) is 5.32 Å². The molecule has 1 saturated heterocycles. The zero-order valence-corrected chi connectivity index (χ0v) is 22.5. The number of aromatic hydroxyl groups is 3. The van der Waals surface area contributed by atoms with Crippen molar-refractivity contribution in [1.29, 1.82) is 0 Å². The van der Waals surface area contributed by atoms with Gasteiger partial charge in [-0.15, -0.1) is 0 Å². The molecule has 40 heavy (non-hydrogen) atoms. The van der Waals surface area contributed by atoms with Crippen LogP contribution in [0.4, 0.5) is 0 Å². The molecule has 0 spiro atoms. The van der Waals surface area contributed by atoms with Gasteiger partial charge in [-0.2, -0.15) is 0 Å². The van der Waals surface area contributed by atoms with Crippen LogP contribution in [0, 0.1) is 11.8 Å². The van der Waals surface area contributed by atoms with E-state index in [9.17, 15) is 24.9 Å². The summed E-state index contributed by atoms with van der Waals surface area (Å²) in [6, 6.07) is 16.2. The molecule has 10 nitrogen and oxygen atoms in total. The number of phenols is 3. The van der Waals surface area contributed by atoms with E-state index in [-0.39, 0.29) is 41.3 Å². The molecule has 4 atom stereocenters. The van der Waals surface area contributed by atoms with Gasteiger partial charge in [0.25, 0.3) is 0 Å². The molecule has 0 radical (unpaired) electrons. The topological polar surface area (TPSA) is 144 Å². The van der Waals surface area contributed by atoms with Gasteiger partial charge in [0.1, 0.15) is 5.75 Å². The Morgan fingerprint density at radius 1 is 0.850 bits per heavy atom. The van der Waals surface area contributed by atoms with Crippen LogP contribution >= 0.6 is 0 Å². The zero-order valence-electron chi connectivity index (χ0n) is 22.5. The van der Waals surface area contributed by atoms with E-state index in [0.717, 1.165) is 5.56 Å². The highest BCUT2D eigenvalue weighted by Crippen LogP contribution is 2.51. The monoisotopic (exact) mass is 551 g/mol. The van der Waals surface area contributed by atoms with Crippen molar-refractivity contribution in [3.8, 4) is 28.7 Å². The van der Waals surface area contributed by atoms with Crippen molar-refractivity contribution >= 4 is 11.9 Å². The van der Waals surface area contributed by atoms with E-state index in [2.05, 4.69) is 5.32 Å². The number of methoxy groups -OCH3 is 2. The molecule has 10 heteroatoms. The van der Waals surface area contributed by atoms with Crippen LogP contribution in [-0.4, -0.2) is 54.6 Å². The summed E-state index contributed by atoms with van der Waals surface area (Å²) in [4.78, 5) is 25.6.